The van der Waals surface area contributed by atoms with Gasteiger partial charge in [-0.25, -0.2) is 4.79 Å². The average molecular weight is 365 g/mol. The van der Waals surface area contributed by atoms with Gasteiger partial charge < -0.3 is 24.5 Å². The van der Waals surface area contributed by atoms with E-state index in [-0.39, 0.29) is 0 Å². The van der Waals surface area contributed by atoms with Crippen molar-refractivity contribution in [3.05, 3.63) is 23.2 Å². The van der Waals surface area contributed by atoms with Crippen molar-refractivity contribution in [2.45, 2.75) is 58.1 Å². The summed E-state index contributed by atoms with van der Waals surface area (Å²) in [4.78, 5) is 15.8. The number of nitrogens with zero attached hydrogens (tertiary/aromatic N) is 1. The maximum Gasteiger partial charge on any atom is 0.341 e. The van der Waals surface area contributed by atoms with E-state index in [2.05, 4.69) is 15.6 Å². The molecule has 26 heavy (non-hydrogen) atoms. The van der Waals surface area contributed by atoms with E-state index in [1.165, 1.54) is 39.2 Å². The smallest absolute Gasteiger partial charge is 0.341 e. The molecule has 2 rings (SSSR count). The number of guanidine groups is 1. The summed E-state index contributed by atoms with van der Waals surface area (Å²) in [5.41, 5.74) is 0.451. The molecule has 0 radical (unpaired) electrons. The monoisotopic (exact) mass is 365 g/mol. The largest absolute Gasteiger partial charge is 0.465 e. The minimum Gasteiger partial charge on any atom is -0.465 e. The van der Waals surface area contributed by atoms with Gasteiger partial charge in [0.15, 0.2) is 5.96 Å². The molecule has 0 amide bonds. The summed E-state index contributed by atoms with van der Waals surface area (Å²) in [6.07, 6.45) is 7.72. The van der Waals surface area contributed by atoms with Crippen LogP contribution in [0.3, 0.4) is 0 Å². The molecule has 0 bridgehead atoms. The van der Waals surface area contributed by atoms with Gasteiger partial charge in [0.2, 0.25) is 0 Å². The molecular formula is C19H31N3O4. The van der Waals surface area contributed by atoms with Gasteiger partial charge in [-0.05, 0) is 32.3 Å². The van der Waals surface area contributed by atoms with Gasteiger partial charge >= 0.3 is 5.97 Å². The summed E-state index contributed by atoms with van der Waals surface area (Å²) in [5, 5.41) is 6.43. The highest BCUT2D eigenvalue weighted by molar-refractivity contribution is 5.90. The first-order valence-electron chi connectivity index (χ1n) is 9.37. The van der Waals surface area contributed by atoms with E-state index in [9.17, 15) is 4.79 Å². The maximum absolute atomic E-state index is 11.6. The van der Waals surface area contributed by atoms with Gasteiger partial charge in [-0.2, -0.15) is 0 Å². The SMILES string of the molecule is CN=C(NCCCOC1CCCCC1)NCc1cc(C(=O)OC)c(C)o1. The molecule has 2 N–H and O–H groups in total. The van der Waals surface area contributed by atoms with Gasteiger partial charge in [-0.3, -0.25) is 4.99 Å². The zero-order chi connectivity index (χ0) is 18.8. The number of hydrogen-bond acceptors (Lipinski definition) is 5. The summed E-state index contributed by atoms with van der Waals surface area (Å²) >= 11 is 0. The summed E-state index contributed by atoms with van der Waals surface area (Å²) in [6.45, 7) is 3.75. The van der Waals surface area contributed by atoms with Gasteiger partial charge in [0.1, 0.15) is 17.1 Å². The third kappa shape index (κ3) is 6.37. The molecule has 7 heteroatoms. The van der Waals surface area contributed by atoms with Crippen molar-refractivity contribution in [1.82, 2.24) is 10.6 Å². The molecule has 1 saturated carbocycles. The van der Waals surface area contributed by atoms with Gasteiger partial charge in [0, 0.05) is 20.2 Å². The number of nitrogens with one attached hydrogen (secondary N) is 2. The Morgan fingerprint density at radius 3 is 2.77 bits per heavy atom. The van der Waals surface area contributed by atoms with E-state index in [1.54, 1.807) is 20.0 Å². The fourth-order valence-corrected chi connectivity index (χ4v) is 3.10. The molecule has 0 atom stereocenters. The van der Waals surface area contributed by atoms with Crippen LogP contribution in [0.25, 0.3) is 0 Å². The molecule has 7 nitrogen and oxygen atoms in total. The number of aryl methyl sites for hydroxylation is 1. The quantitative estimate of drug-likeness (QED) is 0.319. The van der Waals surface area contributed by atoms with Crippen molar-refractivity contribution in [3.63, 3.8) is 0 Å². The van der Waals surface area contributed by atoms with E-state index < -0.39 is 5.97 Å². The van der Waals surface area contributed by atoms with Crippen LogP contribution >= 0.6 is 0 Å². The van der Waals surface area contributed by atoms with Crippen molar-refractivity contribution in [2.75, 3.05) is 27.3 Å². The Balaban J connectivity index is 1.65. The summed E-state index contributed by atoms with van der Waals surface area (Å²) in [5.74, 6) is 1.51. The summed E-state index contributed by atoms with van der Waals surface area (Å²) in [6, 6.07) is 1.69. The summed E-state index contributed by atoms with van der Waals surface area (Å²) in [7, 11) is 3.08. The number of esters is 1. The molecule has 1 heterocycles. The van der Waals surface area contributed by atoms with E-state index in [1.807, 2.05) is 0 Å². The second kappa shape index (κ2) is 10.9. The first kappa shape index (κ1) is 20.3. The highest BCUT2D eigenvalue weighted by atomic mass is 16.5. The Morgan fingerprint density at radius 1 is 1.31 bits per heavy atom. The molecular weight excluding hydrogens is 334 g/mol. The van der Waals surface area contributed by atoms with Crippen LogP contribution in [0.5, 0.6) is 0 Å². The Labute approximate surface area is 155 Å². The molecule has 0 spiro atoms. The molecule has 1 aliphatic rings. The number of furan rings is 1. The second-order valence-electron chi connectivity index (χ2n) is 6.51. The van der Waals surface area contributed by atoms with Crippen LogP contribution in [0.4, 0.5) is 0 Å². The third-order valence-corrected chi connectivity index (χ3v) is 4.55. The van der Waals surface area contributed by atoms with Gasteiger partial charge in [-0.1, -0.05) is 19.3 Å². The van der Waals surface area contributed by atoms with Crippen molar-refractivity contribution in [1.29, 1.82) is 0 Å². The molecule has 0 unspecified atom stereocenters. The first-order chi connectivity index (χ1) is 12.6. The number of aliphatic imine (C=N–C) groups is 1. The van der Waals surface area contributed by atoms with Gasteiger partial charge in [0.05, 0.1) is 19.8 Å². The summed E-state index contributed by atoms with van der Waals surface area (Å²) < 4.78 is 16.2. The van der Waals surface area contributed by atoms with E-state index in [0.29, 0.717) is 35.7 Å². The molecule has 1 aromatic rings. The lowest BCUT2D eigenvalue weighted by Crippen LogP contribution is -2.37. The predicted octanol–water partition coefficient (Wildman–Crippen LogP) is 2.78. The number of carbonyl (C=O) groups is 1. The molecule has 0 saturated heterocycles. The van der Waals surface area contributed by atoms with E-state index in [0.717, 1.165) is 19.6 Å². The molecule has 1 fully saturated rings. The van der Waals surface area contributed by atoms with Crippen LogP contribution in [0, 0.1) is 6.92 Å². The van der Waals surface area contributed by atoms with Crippen LogP contribution in [0.1, 0.15) is 60.4 Å². The topological polar surface area (TPSA) is 85.1 Å². The molecule has 0 aromatic carbocycles. The van der Waals surface area contributed by atoms with E-state index in [4.69, 9.17) is 13.9 Å². The lowest BCUT2D eigenvalue weighted by molar-refractivity contribution is 0.0277. The van der Waals surface area contributed by atoms with Gasteiger partial charge in [-0.15, -0.1) is 0 Å². The van der Waals surface area contributed by atoms with Crippen LogP contribution in [-0.4, -0.2) is 45.3 Å². The number of rotatable bonds is 8. The average Bonchev–Trinajstić information content (AvgIpc) is 3.04. The Morgan fingerprint density at radius 2 is 2.08 bits per heavy atom. The maximum atomic E-state index is 11.6. The Kier molecular flexibility index (Phi) is 8.47. The van der Waals surface area contributed by atoms with Crippen LogP contribution in [-0.2, 0) is 16.0 Å². The highest BCUT2D eigenvalue weighted by Gasteiger charge is 2.15. The van der Waals surface area contributed by atoms with Crippen molar-refractivity contribution in [3.8, 4) is 0 Å². The van der Waals surface area contributed by atoms with Crippen LogP contribution in [0.15, 0.2) is 15.5 Å². The fourth-order valence-electron chi connectivity index (χ4n) is 3.10. The minimum absolute atomic E-state index is 0.391. The predicted molar refractivity (Wildman–Crippen MR) is 100 cm³/mol. The Bertz CT molecular complexity index is 592. The minimum atomic E-state index is -0.391. The standard InChI is InChI=1S/C19H31N3O4/c1-14-17(18(23)24-3)12-16(26-14)13-22-19(20-2)21-10-7-11-25-15-8-5-4-6-9-15/h12,15H,4-11,13H2,1-3H3,(H2,20,21,22). The van der Waals surface area contributed by atoms with Crippen LogP contribution in [0.2, 0.25) is 0 Å². The Hall–Kier alpha value is -2.02. The van der Waals surface area contributed by atoms with Crippen molar-refractivity contribution < 1.29 is 18.7 Å². The van der Waals surface area contributed by atoms with Gasteiger partial charge in [0.25, 0.3) is 0 Å². The van der Waals surface area contributed by atoms with Crippen molar-refractivity contribution in [2.24, 2.45) is 4.99 Å². The molecule has 1 aromatic heterocycles. The lowest BCUT2D eigenvalue weighted by Gasteiger charge is -2.22. The number of methoxy groups -OCH3 is 1. The molecule has 1 aliphatic carbocycles. The van der Waals surface area contributed by atoms with Crippen LogP contribution < -0.4 is 10.6 Å². The van der Waals surface area contributed by atoms with Crippen molar-refractivity contribution >= 4 is 11.9 Å². The zero-order valence-corrected chi connectivity index (χ0v) is 16.1. The number of ether oxygens (including phenoxy) is 2. The zero-order valence-electron chi connectivity index (χ0n) is 16.1. The molecule has 0 aliphatic heterocycles. The number of hydrogen-bond donors (Lipinski definition) is 2. The normalized spacial score (nSPS) is 15.7. The second-order valence-corrected chi connectivity index (χ2v) is 6.51. The fraction of sp³-hybridized carbons (Fsp3) is 0.684. The molecule has 146 valence electrons. The highest BCUT2D eigenvalue weighted by Crippen LogP contribution is 2.20. The first-order valence-corrected chi connectivity index (χ1v) is 9.37. The van der Waals surface area contributed by atoms with E-state index >= 15 is 0 Å². The third-order valence-electron chi connectivity index (χ3n) is 4.55. The lowest BCUT2D eigenvalue weighted by atomic mass is 9.98. The number of carbonyl (C=O) groups excluding carboxylic acids is 1.